The van der Waals surface area contributed by atoms with Crippen LogP contribution >= 0.6 is 0 Å². The first-order valence-corrected chi connectivity index (χ1v) is 22.8. The Kier molecular flexibility index (Phi) is 12.6. The Balaban J connectivity index is 0.000000263. The number of hydrogen-bond acceptors (Lipinski definition) is 4. The molecule has 5 nitrogen and oxygen atoms in total. The van der Waals surface area contributed by atoms with E-state index in [0.29, 0.717) is 34.4 Å². The van der Waals surface area contributed by atoms with Crippen LogP contribution in [0.5, 0.6) is 0 Å². The van der Waals surface area contributed by atoms with Crippen molar-refractivity contribution >= 4 is 62.9 Å². The van der Waals surface area contributed by atoms with Gasteiger partial charge in [-0.05, 0) is 105 Å². The number of hydrogen-bond donors (Lipinski definition) is 1. The minimum absolute atomic E-state index is 0. The Labute approximate surface area is 419 Å². The summed E-state index contributed by atoms with van der Waals surface area (Å²) in [5.74, 6) is 0.808. The van der Waals surface area contributed by atoms with Gasteiger partial charge in [-0.15, -0.1) is 46.5 Å². The van der Waals surface area contributed by atoms with Crippen LogP contribution in [0.15, 0.2) is 133 Å². The van der Waals surface area contributed by atoms with Crippen molar-refractivity contribution < 1.29 is 29.3 Å². The first-order chi connectivity index (χ1) is 33.6. The van der Waals surface area contributed by atoms with Crippen molar-refractivity contribution in [2.45, 2.75) is 87.0 Å². The first kappa shape index (κ1) is 40.6. The Morgan fingerprint density at radius 2 is 1.26 bits per heavy atom. The summed E-state index contributed by atoms with van der Waals surface area (Å²) in [7, 11) is 0. The molecule has 0 saturated heterocycles. The van der Waals surface area contributed by atoms with Gasteiger partial charge in [0, 0.05) is 25.3 Å². The first-order valence-electron chi connectivity index (χ1n) is 25.8. The third kappa shape index (κ3) is 9.86. The van der Waals surface area contributed by atoms with Gasteiger partial charge in [-0.1, -0.05) is 178 Å². The molecule has 66 heavy (non-hydrogen) atoms. The average Bonchev–Trinajstić information content (AvgIpc) is 3.72. The van der Waals surface area contributed by atoms with Gasteiger partial charge in [0.25, 0.3) is 0 Å². The van der Waals surface area contributed by atoms with E-state index in [1.807, 2.05) is 60.4 Å². The SMILES string of the molecule is Cc1cc(C)c(B2c3ccccc3[N-]c3ccccc32)c(C)c1.[2H]C([2H])([2H])N([CH-]Nc1[c-]c(N2[CH-]N(C([2H])([2H])[2H])c3ccccc32)cc(-c2c(C(C)C)cc(C(C)C)cc2C(C)C)c1)c1ccccc1C.[Pt+4]. The molecule has 7 aromatic carbocycles. The molecular formula is C59H64BN5Pt. The average molecular weight is 1060 g/mol. The zero-order valence-electron chi connectivity index (χ0n) is 45.8. The van der Waals surface area contributed by atoms with Gasteiger partial charge in [0.05, 0.1) is 0 Å². The van der Waals surface area contributed by atoms with Gasteiger partial charge in [0.2, 0.25) is 6.71 Å². The molecule has 7 heteroatoms. The summed E-state index contributed by atoms with van der Waals surface area (Å²) in [6.45, 7) is 20.2. The fourth-order valence-electron chi connectivity index (χ4n) is 9.46. The van der Waals surface area contributed by atoms with E-state index in [1.165, 1.54) is 66.2 Å². The van der Waals surface area contributed by atoms with E-state index in [0.717, 1.165) is 28.1 Å². The van der Waals surface area contributed by atoms with Crippen LogP contribution in [0.3, 0.4) is 0 Å². The number of aryl methyl sites for hydroxylation is 4. The zero-order valence-corrected chi connectivity index (χ0v) is 42.0. The van der Waals surface area contributed by atoms with E-state index >= 15 is 0 Å². The van der Waals surface area contributed by atoms with Crippen molar-refractivity contribution in [1.29, 1.82) is 0 Å². The van der Waals surface area contributed by atoms with Crippen LogP contribution in [0.2, 0.25) is 0 Å². The molecule has 1 N–H and O–H groups in total. The van der Waals surface area contributed by atoms with Crippen molar-refractivity contribution in [3.8, 4) is 11.1 Å². The molecule has 0 atom stereocenters. The van der Waals surface area contributed by atoms with Gasteiger partial charge in [-0.2, -0.15) is 13.3 Å². The molecule has 0 spiro atoms. The molecule has 2 heterocycles. The Morgan fingerprint density at radius 1 is 0.682 bits per heavy atom. The quantitative estimate of drug-likeness (QED) is 0.109. The number of para-hydroxylation sites is 5. The van der Waals surface area contributed by atoms with Gasteiger partial charge in [-0.3, -0.25) is 0 Å². The van der Waals surface area contributed by atoms with Crippen molar-refractivity contribution in [1.82, 2.24) is 0 Å². The third-order valence-electron chi connectivity index (χ3n) is 12.7. The monoisotopic (exact) mass is 1050 g/mol. The third-order valence-corrected chi connectivity index (χ3v) is 12.7. The Bertz CT molecular complexity index is 2960. The number of nitrogens with zero attached hydrogens (tertiary/aromatic N) is 4. The summed E-state index contributed by atoms with van der Waals surface area (Å²) in [5.41, 5.74) is 19.9. The van der Waals surface area contributed by atoms with Crippen molar-refractivity contribution in [2.75, 3.05) is 34.0 Å². The summed E-state index contributed by atoms with van der Waals surface area (Å²) in [4.78, 5) is 4.39. The van der Waals surface area contributed by atoms with Crippen LogP contribution < -0.4 is 36.4 Å². The molecule has 0 bridgehead atoms. The summed E-state index contributed by atoms with van der Waals surface area (Å²) in [6.07, 6.45) is 0. The molecule has 0 unspecified atom stereocenters. The second-order valence-corrected chi connectivity index (χ2v) is 18.5. The van der Waals surface area contributed by atoms with E-state index in [2.05, 4.69) is 146 Å². The molecule has 9 rings (SSSR count). The van der Waals surface area contributed by atoms with Crippen LogP contribution in [0.25, 0.3) is 16.4 Å². The summed E-state index contributed by atoms with van der Waals surface area (Å²) in [5, 5.41) is 8.13. The molecule has 2 aliphatic heterocycles. The minimum Gasteiger partial charge on any atom is -0.659 e. The number of nitrogens with one attached hydrogen (secondary N) is 1. The smallest absolute Gasteiger partial charge is 0.659 e. The standard InChI is InChI=1S/C38H45N4.C21H19BN.Pt/c1-25(2)29-20-33(26(3)4)38(34(21-29)27(5)6)30-18-31(39-23-40(8)35-15-11-10-14-28(35)7)22-32(19-30)42-24-41(9)36-16-12-13-17-37(36)42;1-14-12-15(2)21(16(3)13-14)22-17-8-4-6-10-19(17)23-20-11-7-5-9-18(20)22;/h10-21,23-27,39H,1-9H3;4-13H,1-3H3;/q-3;-1;+4/i8D3,9D3;;. The van der Waals surface area contributed by atoms with Crippen molar-refractivity contribution in [3.05, 3.63) is 197 Å². The molecule has 338 valence electrons. The van der Waals surface area contributed by atoms with Gasteiger partial charge < -0.3 is 25.3 Å². The maximum atomic E-state index is 8.32. The molecule has 0 aromatic heterocycles. The van der Waals surface area contributed by atoms with Crippen LogP contribution in [0.1, 0.15) is 106 Å². The maximum Gasteiger partial charge on any atom is 4.00 e. The number of benzene rings is 7. The van der Waals surface area contributed by atoms with Crippen LogP contribution in [0.4, 0.5) is 39.8 Å². The Morgan fingerprint density at radius 3 is 1.83 bits per heavy atom. The number of anilines is 5. The second kappa shape index (κ2) is 20.4. The molecule has 0 amide bonds. The van der Waals surface area contributed by atoms with Crippen LogP contribution in [-0.4, -0.2) is 20.7 Å². The number of fused-ring (bicyclic) bond motifs is 3. The molecule has 0 radical (unpaired) electrons. The van der Waals surface area contributed by atoms with Gasteiger partial charge in [0.15, 0.2) is 0 Å². The van der Waals surface area contributed by atoms with E-state index in [4.69, 9.17) is 13.5 Å². The number of rotatable bonds is 10. The molecule has 2 aliphatic rings. The second-order valence-electron chi connectivity index (χ2n) is 18.5. The van der Waals surface area contributed by atoms with E-state index in [1.54, 1.807) is 18.8 Å². The molecule has 0 saturated carbocycles. The Hall–Kier alpha value is -5.71. The predicted molar refractivity (Wildman–Crippen MR) is 283 cm³/mol. The normalized spacial score (nSPS) is 14.3. The van der Waals surface area contributed by atoms with Crippen LogP contribution in [0, 0.1) is 47.1 Å². The predicted octanol–water partition coefficient (Wildman–Crippen LogP) is 14.0. The van der Waals surface area contributed by atoms with Gasteiger partial charge in [0.1, 0.15) is 0 Å². The fraction of sp³-hybridized carbons (Fsp3) is 0.254. The van der Waals surface area contributed by atoms with Gasteiger partial charge in [-0.25, -0.2) is 0 Å². The summed E-state index contributed by atoms with van der Waals surface area (Å²) in [6, 6.07) is 48.5. The molecule has 7 aromatic rings. The molecule has 0 aliphatic carbocycles. The van der Waals surface area contributed by atoms with Gasteiger partial charge >= 0.3 is 21.1 Å². The zero-order chi connectivity index (χ0) is 51.1. The molecule has 0 fully saturated rings. The summed E-state index contributed by atoms with van der Waals surface area (Å²) < 4.78 is 49.6. The van der Waals surface area contributed by atoms with E-state index < -0.39 is 14.0 Å². The van der Waals surface area contributed by atoms with Crippen LogP contribution in [-0.2, 0) is 21.1 Å². The fourth-order valence-corrected chi connectivity index (χ4v) is 9.46. The topological polar surface area (TPSA) is 35.9 Å². The largest absolute Gasteiger partial charge is 4.00 e. The summed E-state index contributed by atoms with van der Waals surface area (Å²) >= 11 is 0. The van der Waals surface area contributed by atoms with Crippen molar-refractivity contribution in [3.63, 3.8) is 0 Å². The maximum absolute atomic E-state index is 8.32. The molecular weight excluding hydrogens is 985 g/mol. The van der Waals surface area contributed by atoms with Crippen molar-refractivity contribution in [2.24, 2.45) is 0 Å². The van der Waals surface area contributed by atoms with E-state index in [9.17, 15) is 0 Å². The minimum atomic E-state index is -2.45. The van der Waals surface area contributed by atoms with E-state index in [-0.39, 0.29) is 39.6 Å².